The molecule has 0 radical (unpaired) electrons. The summed E-state index contributed by atoms with van der Waals surface area (Å²) in [5.41, 5.74) is 1.08. The lowest BCUT2D eigenvalue weighted by Gasteiger charge is -2.22. The van der Waals surface area contributed by atoms with Crippen LogP contribution >= 0.6 is 0 Å². The summed E-state index contributed by atoms with van der Waals surface area (Å²) in [7, 11) is 0. The normalized spacial score (nSPS) is 13.5. The third kappa shape index (κ3) is 3.00. The first-order valence-electron chi connectivity index (χ1n) is 6.27. The van der Waals surface area contributed by atoms with Gasteiger partial charge in [-0.25, -0.2) is 4.98 Å². The number of nitrogens with zero attached hydrogens (tertiary/aromatic N) is 2. The van der Waals surface area contributed by atoms with Crippen LogP contribution < -0.4 is 5.32 Å². The summed E-state index contributed by atoms with van der Waals surface area (Å²) in [6.45, 7) is 13.1. The van der Waals surface area contributed by atoms with Crippen LogP contribution in [-0.2, 0) is 0 Å². The average molecular weight is 223 g/mol. The SMILES string of the molecule is CCC(Nc1nc(C)cn1C(C)C)C(C)C. The van der Waals surface area contributed by atoms with E-state index >= 15 is 0 Å². The van der Waals surface area contributed by atoms with Crippen LogP contribution in [0.5, 0.6) is 0 Å². The molecule has 1 aromatic heterocycles. The minimum absolute atomic E-state index is 0.452. The molecule has 0 amide bonds. The minimum atomic E-state index is 0.452. The molecule has 92 valence electrons. The number of rotatable bonds is 5. The fourth-order valence-electron chi connectivity index (χ4n) is 1.92. The Morgan fingerprint density at radius 3 is 2.38 bits per heavy atom. The number of anilines is 1. The zero-order valence-electron chi connectivity index (χ0n) is 11.4. The Morgan fingerprint density at radius 2 is 1.94 bits per heavy atom. The van der Waals surface area contributed by atoms with Gasteiger partial charge in [-0.15, -0.1) is 0 Å². The van der Waals surface area contributed by atoms with Crippen molar-refractivity contribution in [2.75, 3.05) is 5.32 Å². The van der Waals surface area contributed by atoms with E-state index in [1.807, 2.05) is 6.92 Å². The molecule has 0 aliphatic heterocycles. The third-order valence-corrected chi connectivity index (χ3v) is 2.97. The third-order valence-electron chi connectivity index (χ3n) is 2.97. The number of imidazole rings is 1. The van der Waals surface area contributed by atoms with Gasteiger partial charge < -0.3 is 9.88 Å². The first kappa shape index (κ1) is 13.1. The fraction of sp³-hybridized carbons (Fsp3) is 0.769. The van der Waals surface area contributed by atoms with Gasteiger partial charge in [-0.2, -0.15) is 0 Å². The second-order valence-corrected chi connectivity index (χ2v) is 5.11. The van der Waals surface area contributed by atoms with Crippen LogP contribution in [0.1, 0.15) is 52.8 Å². The summed E-state index contributed by atoms with van der Waals surface area (Å²) in [5.74, 6) is 1.63. The molecule has 0 saturated heterocycles. The quantitative estimate of drug-likeness (QED) is 0.826. The number of aryl methyl sites for hydroxylation is 1. The molecule has 0 aliphatic carbocycles. The van der Waals surface area contributed by atoms with E-state index in [9.17, 15) is 0 Å². The summed E-state index contributed by atoms with van der Waals surface area (Å²) in [6.07, 6.45) is 3.24. The number of aromatic nitrogens is 2. The summed E-state index contributed by atoms with van der Waals surface area (Å²) in [4.78, 5) is 4.55. The maximum absolute atomic E-state index is 4.55. The molecular formula is C13H25N3. The topological polar surface area (TPSA) is 29.9 Å². The Balaban J connectivity index is 2.86. The van der Waals surface area contributed by atoms with Gasteiger partial charge in [-0.3, -0.25) is 0 Å². The molecule has 0 fully saturated rings. The molecule has 1 N–H and O–H groups in total. The van der Waals surface area contributed by atoms with Crippen molar-refractivity contribution in [2.24, 2.45) is 5.92 Å². The van der Waals surface area contributed by atoms with Gasteiger partial charge in [0.2, 0.25) is 5.95 Å². The lowest BCUT2D eigenvalue weighted by Crippen LogP contribution is -2.26. The van der Waals surface area contributed by atoms with Crippen LogP contribution in [0.4, 0.5) is 5.95 Å². The number of nitrogens with one attached hydrogen (secondary N) is 1. The zero-order valence-corrected chi connectivity index (χ0v) is 11.4. The standard InChI is InChI=1S/C13H25N3/c1-7-12(9(2)3)15-13-14-11(6)8-16(13)10(4)5/h8-10,12H,7H2,1-6H3,(H,14,15). The summed E-state index contributed by atoms with van der Waals surface area (Å²) in [6, 6.07) is 0.952. The molecule has 16 heavy (non-hydrogen) atoms. The molecule has 1 aromatic rings. The van der Waals surface area contributed by atoms with Gasteiger partial charge in [0, 0.05) is 18.3 Å². The van der Waals surface area contributed by atoms with E-state index in [-0.39, 0.29) is 0 Å². The Kier molecular flexibility index (Phi) is 4.39. The highest BCUT2D eigenvalue weighted by molar-refractivity contribution is 5.31. The van der Waals surface area contributed by atoms with Gasteiger partial charge in [0.25, 0.3) is 0 Å². The Bertz CT molecular complexity index is 326. The molecule has 0 spiro atoms. The van der Waals surface area contributed by atoms with E-state index < -0.39 is 0 Å². The highest BCUT2D eigenvalue weighted by atomic mass is 15.2. The zero-order chi connectivity index (χ0) is 12.3. The van der Waals surface area contributed by atoms with Crippen molar-refractivity contribution in [3.8, 4) is 0 Å². The number of hydrogen-bond donors (Lipinski definition) is 1. The van der Waals surface area contributed by atoms with Gasteiger partial charge >= 0.3 is 0 Å². The molecule has 3 heteroatoms. The van der Waals surface area contributed by atoms with E-state index in [4.69, 9.17) is 0 Å². The van der Waals surface area contributed by atoms with E-state index in [2.05, 4.69) is 55.7 Å². The van der Waals surface area contributed by atoms with Crippen LogP contribution in [-0.4, -0.2) is 15.6 Å². The van der Waals surface area contributed by atoms with Crippen molar-refractivity contribution in [1.82, 2.24) is 9.55 Å². The maximum Gasteiger partial charge on any atom is 0.203 e. The van der Waals surface area contributed by atoms with Crippen LogP contribution in [0.25, 0.3) is 0 Å². The first-order valence-corrected chi connectivity index (χ1v) is 6.27. The van der Waals surface area contributed by atoms with E-state index in [1.165, 1.54) is 0 Å². The molecule has 3 nitrogen and oxygen atoms in total. The smallest absolute Gasteiger partial charge is 0.203 e. The molecule has 1 unspecified atom stereocenters. The summed E-state index contributed by atoms with van der Waals surface area (Å²) in [5, 5.41) is 3.55. The predicted molar refractivity (Wildman–Crippen MR) is 69.9 cm³/mol. The largest absolute Gasteiger partial charge is 0.353 e. The van der Waals surface area contributed by atoms with Crippen LogP contribution in [0.3, 0.4) is 0 Å². The van der Waals surface area contributed by atoms with Crippen molar-refractivity contribution in [1.29, 1.82) is 0 Å². The number of hydrogen-bond acceptors (Lipinski definition) is 2. The van der Waals surface area contributed by atoms with Crippen LogP contribution in [0.15, 0.2) is 6.20 Å². The maximum atomic E-state index is 4.55. The van der Waals surface area contributed by atoms with E-state index in [0.29, 0.717) is 18.0 Å². The molecule has 1 heterocycles. The summed E-state index contributed by atoms with van der Waals surface area (Å²) >= 11 is 0. The molecule has 0 saturated carbocycles. The molecular weight excluding hydrogens is 198 g/mol. The Labute approximate surface area is 99.3 Å². The van der Waals surface area contributed by atoms with Gasteiger partial charge in [-0.1, -0.05) is 20.8 Å². The first-order chi connectivity index (χ1) is 7.45. The summed E-state index contributed by atoms with van der Waals surface area (Å²) < 4.78 is 2.21. The van der Waals surface area contributed by atoms with Crippen molar-refractivity contribution < 1.29 is 0 Å². The Hall–Kier alpha value is -0.990. The van der Waals surface area contributed by atoms with Gasteiger partial charge in [0.05, 0.1) is 5.69 Å². The molecule has 0 aliphatic rings. The van der Waals surface area contributed by atoms with Crippen LogP contribution in [0.2, 0.25) is 0 Å². The highest BCUT2D eigenvalue weighted by Gasteiger charge is 2.15. The minimum Gasteiger partial charge on any atom is -0.353 e. The van der Waals surface area contributed by atoms with Crippen LogP contribution in [0, 0.1) is 12.8 Å². The lowest BCUT2D eigenvalue weighted by atomic mass is 10.0. The second kappa shape index (κ2) is 5.37. The molecule has 0 bridgehead atoms. The predicted octanol–water partition coefficient (Wildman–Crippen LogP) is 3.62. The van der Waals surface area contributed by atoms with Gasteiger partial charge in [0.15, 0.2) is 0 Å². The van der Waals surface area contributed by atoms with Gasteiger partial charge in [0.1, 0.15) is 0 Å². The highest BCUT2D eigenvalue weighted by Crippen LogP contribution is 2.19. The Morgan fingerprint density at radius 1 is 1.31 bits per heavy atom. The van der Waals surface area contributed by atoms with Crippen molar-refractivity contribution in [3.05, 3.63) is 11.9 Å². The molecule has 1 atom stereocenters. The van der Waals surface area contributed by atoms with Crippen molar-refractivity contribution in [2.45, 2.75) is 60.0 Å². The average Bonchev–Trinajstić information content (AvgIpc) is 2.55. The molecule has 1 rings (SSSR count). The van der Waals surface area contributed by atoms with Crippen molar-refractivity contribution in [3.63, 3.8) is 0 Å². The van der Waals surface area contributed by atoms with E-state index in [0.717, 1.165) is 18.1 Å². The monoisotopic (exact) mass is 223 g/mol. The second-order valence-electron chi connectivity index (χ2n) is 5.11. The van der Waals surface area contributed by atoms with Gasteiger partial charge in [-0.05, 0) is 33.1 Å². The lowest BCUT2D eigenvalue weighted by molar-refractivity contribution is 0.499. The van der Waals surface area contributed by atoms with Crippen molar-refractivity contribution >= 4 is 5.95 Å². The van der Waals surface area contributed by atoms with E-state index in [1.54, 1.807) is 0 Å². The molecule has 0 aromatic carbocycles. The fourth-order valence-corrected chi connectivity index (χ4v) is 1.92.